The predicted molar refractivity (Wildman–Crippen MR) is 79.3 cm³/mol. The first kappa shape index (κ1) is 16.7. The highest BCUT2D eigenvalue weighted by Crippen LogP contribution is 2.33. The number of nitrogens with two attached hydrogens (primary N) is 1. The van der Waals surface area contributed by atoms with E-state index in [1.165, 1.54) is 0 Å². The Balaban J connectivity index is 3.14. The fraction of sp³-hybridized carbons (Fsp3) is 0.733. The van der Waals surface area contributed by atoms with Crippen molar-refractivity contribution in [3.63, 3.8) is 0 Å². The van der Waals surface area contributed by atoms with Crippen LogP contribution in [0.15, 0.2) is 6.07 Å². The number of carbonyl (C=O) groups is 1. The Labute approximate surface area is 121 Å². The van der Waals surface area contributed by atoms with Crippen LogP contribution in [0.3, 0.4) is 0 Å². The van der Waals surface area contributed by atoms with Crippen LogP contribution in [0.4, 0.5) is 0 Å². The standard InChI is InChI=1S/C15H27N3O2/c1-6-18-13(8-12(5)17-18)9-15(10-16,11(3)4)14(19)20-7-2/h8,11H,6-7,9-10,16H2,1-5H3. The lowest BCUT2D eigenvalue weighted by Crippen LogP contribution is -2.46. The van der Waals surface area contributed by atoms with Crippen molar-refractivity contribution < 1.29 is 9.53 Å². The molecule has 20 heavy (non-hydrogen) atoms. The Bertz CT molecular complexity index is 454. The predicted octanol–water partition coefficient (Wildman–Crippen LogP) is 1.92. The maximum absolute atomic E-state index is 12.4. The molecule has 1 aromatic rings. The molecule has 0 aliphatic carbocycles. The van der Waals surface area contributed by atoms with Gasteiger partial charge in [0.25, 0.3) is 0 Å². The van der Waals surface area contributed by atoms with Crippen molar-refractivity contribution in [2.75, 3.05) is 13.2 Å². The van der Waals surface area contributed by atoms with Crippen molar-refractivity contribution in [1.82, 2.24) is 9.78 Å². The van der Waals surface area contributed by atoms with Crippen LogP contribution in [0.1, 0.15) is 39.1 Å². The smallest absolute Gasteiger partial charge is 0.314 e. The molecule has 0 bridgehead atoms. The fourth-order valence-corrected chi connectivity index (χ4v) is 2.52. The van der Waals surface area contributed by atoms with Crippen molar-refractivity contribution in [3.05, 3.63) is 17.5 Å². The zero-order valence-corrected chi connectivity index (χ0v) is 13.3. The molecular weight excluding hydrogens is 254 g/mol. The van der Waals surface area contributed by atoms with E-state index in [2.05, 4.69) is 5.10 Å². The van der Waals surface area contributed by atoms with E-state index in [4.69, 9.17) is 10.5 Å². The SMILES string of the molecule is CCOC(=O)C(CN)(Cc1cc(C)nn1CC)C(C)C. The molecule has 5 heteroatoms. The molecule has 0 fully saturated rings. The van der Waals surface area contributed by atoms with Gasteiger partial charge in [0.15, 0.2) is 0 Å². The minimum absolute atomic E-state index is 0.104. The maximum atomic E-state index is 12.4. The Morgan fingerprint density at radius 2 is 2.15 bits per heavy atom. The van der Waals surface area contributed by atoms with E-state index in [-0.39, 0.29) is 18.4 Å². The number of aromatic nitrogens is 2. The lowest BCUT2D eigenvalue weighted by molar-refractivity contribution is -0.157. The molecule has 1 unspecified atom stereocenters. The van der Waals surface area contributed by atoms with Crippen molar-refractivity contribution in [2.45, 2.75) is 47.6 Å². The minimum Gasteiger partial charge on any atom is -0.466 e. The third-order valence-electron chi connectivity index (χ3n) is 3.93. The summed E-state index contributed by atoms with van der Waals surface area (Å²) in [6, 6.07) is 2.02. The van der Waals surface area contributed by atoms with Gasteiger partial charge in [-0.25, -0.2) is 0 Å². The monoisotopic (exact) mass is 281 g/mol. The fourth-order valence-electron chi connectivity index (χ4n) is 2.52. The second kappa shape index (κ2) is 6.88. The van der Waals surface area contributed by atoms with Gasteiger partial charge < -0.3 is 10.5 Å². The average Bonchev–Trinajstić information content (AvgIpc) is 2.75. The summed E-state index contributed by atoms with van der Waals surface area (Å²) in [5.41, 5.74) is 7.27. The summed E-state index contributed by atoms with van der Waals surface area (Å²) in [5, 5.41) is 4.44. The summed E-state index contributed by atoms with van der Waals surface area (Å²) in [6.45, 7) is 11.3. The molecule has 0 radical (unpaired) electrons. The second-order valence-corrected chi connectivity index (χ2v) is 5.51. The summed E-state index contributed by atoms with van der Waals surface area (Å²) >= 11 is 0. The molecule has 0 aromatic carbocycles. The van der Waals surface area contributed by atoms with Gasteiger partial charge in [0.2, 0.25) is 0 Å². The molecule has 1 rings (SSSR count). The molecule has 5 nitrogen and oxygen atoms in total. The molecule has 0 spiro atoms. The Kier molecular flexibility index (Phi) is 5.74. The topological polar surface area (TPSA) is 70.1 Å². The summed E-state index contributed by atoms with van der Waals surface area (Å²) in [6.07, 6.45) is 0.564. The Morgan fingerprint density at radius 1 is 1.50 bits per heavy atom. The number of ether oxygens (including phenoxy) is 1. The zero-order chi connectivity index (χ0) is 15.3. The van der Waals surface area contributed by atoms with Crippen LogP contribution >= 0.6 is 0 Å². The van der Waals surface area contributed by atoms with Crippen LogP contribution in [0.2, 0.25) is 0 Å². The molecule has 2 N–H and O–H groups in total. The van der Waals surface area contributed by atoms with E-state index < -0.39 is 5.41 Å². The van der Waals surface area contributed by atoms with Crippen molar-refractivity contribution in [2.24, 2.45) is 17.1 Å². The van der Waals surface area contributed by atoms with E-state index in [1.54, 1.807) is 0 Å². The largest absolute Gasteiger partial charge is 0.466 e. The maximum Gasteiger partial charge on any atom is 0.314 e. The molecule has 0 aliphatic rings. The Hall–Kier alpha value is -1.36. The molecule has 1 heterocycles. The minimum atomic E-state index is -0.685. The first-order valence-corrected chi connectivity index (χ1v) is 7.31. The lowest BCUT2D eigenvalue weighted by Gasteiger charge is -2.34. The normalized spacial score (nSPS) is 14.3. The number of nitrogens with zero attached hydrogens (tertiary/aromatic N) is 2. The van der Waals surface area contributed by atoms with E-state index in [0.717, 1.165) is 17.9 Å². The van der Waals surface area contributed by atoms with Crippen molar-refractivity contribution in [3.8, 4) is 0 Å². The van der Waals surface area contributed by atoms with Crippen LogP contribution in [0.25, 0.3) is 0 Å². The average molecular weight is 281 g/mol. The first-order chi connectivity index (χ1) is 9.41. The third kappa shape index (κ3) is 3.20. The molecule has 0 saturated heterocycles. The first-order valence-electron chi connectivity index (χ1n) is 7.31. The van der Waals surface area contributed by atoms with Gasteiger partial charge in [0.05, 0.1) is 17.7 Å². The Morgan fingerprint density at radius 3 is 2.60 bits per heavy atom. The van der Waals surface area contributed by atoms with Crippen molar-refractivity contribution in [1.29, 1.82) is 0 Å². The molecule has 114 valence electrons. The molecule has 1 aromatic heterocycles. The summed E-state index contributed by atoms with van der Waals surface area (Å²) in [4.78, 5) is 12.4. The molecule has 0 amide bonds. The van der Waals surface area contributed by atoms with Crippen molar-refractivity contribution >= 4 is 5.97 Å². The second-order valence-electron chi connectivity index (χ2n) is 5.51. The highest BCUT2D eigenvalue weighted by molar-refractivity contribution is 5.78. The quantitative estimate of drug-likeness (QED) is 0.775. The molecule has 1 atom stereocenters. The van der Waals surface area contributed by atoms with Crippen LogP contribution in [0, 0.1) is 18.3 Å². The van der Waals surface area contributed by atoms with E-state index in [9.17, 15) is 4.79 Å². The van der Waals surface area contributed by atoms with Gasteiger partial charge in [-0.15, -0.1) is 0 Å². The van der Waals surface area contributed by atoms with Gasteiger partial charge in [0, 0.05) is 25.2 Å². The van der Waals surface area contributed by atoms with Gasteiger partial charge in [0.1, 0.15) is 0 Å². The number of hydrogen-bond acceptors (Lipinski definition) is 4. The lowest BCUT2D eigenvalue weighted by atomic mass is 9.73. The van der Waals surface area contributed by atoms with E-state index >= 15 is 0 Å². The zero-order valence-electron chi connectivity index (χ0n) is 13.3. The van der Waals surface area contributed by atoms with Gasteiger partial charge >= 0.3 is 5.97 Å². The molecule has 0 saturated carbocycles. The number of aryl methyl sites for hydroxylation is 2. The van der Waals surface area contributed by atoms with Gasteiger partial charge in [-0.05, 0) is 32.8 Å². The van der Waals surface area contributed by atoms with Crippen LogP contribution < -0.4 is 5.73 Å². The number of carbonyl (C=O) groups excluding carboxylic acids is 1. The number of hydrogen-bond donors (Lipinski definition) is 1. The van der Waals surface area contributed by atoms with Crippen LogP contribution in [0.5, 0.6) is 0 Å². The number of rotatable bonds is 7. The number of esters is 1. The van der Waals surface area contributed by atoms with Gasteiger partial charge in [-0.3, -0.25) is 9.48 Å². The molecular formula is C15H27N3O2. The summed E-state index contributed by atoms with van der Waals surface area (Å²) in [7, 11) is 0. The van der Waals surface area contributed by atoms with E-state index in [0.29, 0.717) is 13.0 Å². The van der Waals surface area contributed by atoms with Crippen LogP contribution in [-0.2, 0) is 22.5 Å². The highest BCUT2D eigenvalue weighted by atomic mass is 16.5. The summed E-state index contributed by atoms with van der Waals surface area (Å²) in [5.74, 6) is -0.105. The van der Waals surface area contributed by atoms with Gasteiger partial charge in [-0.1, -0.05) is 13.8 Å². The van der Waals surface area contributed by atoms with Crippen LogP contribution in [-0.4, -0.2) is 28.9 Å². The highest BCUT2D eigenvalue weighted by Gasteiger charge is 2.42. The van der Waals surface area contributed by atoms with Gasteiger partial charge in [-0.2, -0.15) is 5.10 Å². The molecule has 0 aliphatic heterocycles. The van der Waals surface area contributed by atoms with E-state index in [1.807, 2.05) is 45.4 Å². The third-order valence-corrected chi connectivity index (χ3v) is 3.93. The summed E-state index contributed by atoms with van der Waals surface area (Å²) < 4.78 is 7.20.